The summed E-state index contributed by atoms with van der Waals surface area (Å²) < 4.78 is 5.16. The van der Waals surface area contributed by atoms with Crippen LogP contribution in [0.4, 0.5) is 0 Å². The summed E-state index contributed by atoms with van der Waals surface area (Å²) in [6.07, 6.45) is 2.35. The summed E-state index contributed by atoms with van der Waals surface area (Å²) in [4.78, 5) is 2.40. The molecule has 15 heavy (non-hydrogen) atoms. The van der Waals surface area contributed by atoms with Crippen LogP contribution in [0.2, 0.25) is 0 Å². The lowest BCUT2D eigenvalue weighted by atomic mass is 10.0. The number of likely N-dealkylation sites (N-methyl/N-ethyl adjacent to an activating group) is 1. The molecule has 2 rings (SSSR count). The number of hydrogen-bond donors (Lipinski definition) is 0. The van der Waals surface area contributed by atoms with Gasteiger partial charge >= 0.3 is 0 Å². The van der Waals surface area contributed by atoms with Crippen LogP contribution in [0.1, 0.15) is 16.7 Å². The highest BCUT2D eigenvalue weighted by molar-refractivity contribution is 5.33. The fourth-order valence-corrected chi connectivity index (χ4v) is 2.15. The highest BCUT2D eigenvalue weighted by atomic mass is 16.5. The van der Waals surface area contributed by atoms with Gasteiger partial charge in [-0.3, -0.25) is 0 Å². The number of methoxy groups -OCH3 is 1. The molecule has 2 heteroatoms. The Balaban J connectivity index is 2.20. The Hall–Kier alpha value is -0.860. The van der Waals surface area contributed by atoms with Gasteiger partial charge in [0.05, 0.1) is 6.61 Å². The second-order valence-electron chi connectivity index (χ2n) is 4.34. The highest BCUT2D eigenvalue weighted by Crippen LogP contribution is 2.17. The van der Waals surface area contributed by atoms with Gasteiger partial charge in [0.25, 0.3) is 0 Å². The van der Waals surface area contributed by atoms with Crippen LogP contribution in [0, 0.1) is 0 Å². The summed E-state index contributed by atoms with van der Waals surface area (Å²) in [6, 6.07) is 6.76. The number of fused-ring (bicyclic) bond motifs is 1. The predicted octanol–water partition coefficient (Wildman–Crippen LogP) is 1.86. The Morgan fingerprint density at radius 1 is 1.20 bits per heavy atom. The average molecular weight is 205 g/mol. The van der Waals surface area contributed by atoms with Crippen molar-refractivity contribution in [1.29, 1.82) is 0 Å². The molecule has 0 atom stereocenters. The molecule has 1 aromatic carbocycles. The number of hydrogen-bond acceptors (Lipinski definition) is 2. The molecule has 0 aliphatic carbocycles. The predicted molar refractivity (Wildman–Crippen MR) is 62.1 cm³/mol. The number of benzene rings is 1. The molecule has 0 bridgehead atoms. The monoisotopic (exact) mass is 205 g/mol. The van der Waals surface area contributed by atoms with Crippen LogP contribution in [0.5, 0.6) is 0 Å². The molecule has 0 saturated carbocycles. The summed E-state index contributed by atoms with van der Waals surface area (Å²) in [5.74, 6) is 0. The van der Waals surface area contributed by atoms with E-state index in [4.69, 9.17) is 4.74 Å². The van der Waals surface area contributed by atoms with E-state index in [-0.39, 0.29) is 0 Å². The molecule has 0 spiro atoms. The summed E-state index contributed by atoms with van der Waals surface area (Å²) in [7, 11) is 3.95. The molecule has 0 aromatic heterocycles. The minimum atomic E-state index is 0.725. The van der Waals surface area contributed by atoms with Gasteiger partial charge in [0.15, 0.2) is 0 Å². The smallest absolute Gasteiger partial charge is 0.0713 e. The van der Waals surface area contributed by atoms with E-state index < -0.39 is 0 Å². The molecule has 0 unspecified atom stereocenters. The lowest BCUT2D eigenvalue weighted by Gasteiger charge is -2.10. The van der Waals surface area contributed by atoms with Crippen molar-refractivity contribution in [2.75, 3.05) is 27.2 Å². The van der Waals surface area contributed by atoms with E-state index in [0.717, 1.165) is 6.61 Å². The summed E-state index contributed by atoms with van der Waals surface area (Å²) in [5.41, 5.74) is 4.31. The Bertz CT molecular complexity index is 335. The molecule has 82 valence electrons. The van der Waals surface area contributed by atoms with E-state index in [1.54, 1.807) is 7.11 Å². The molecule has 1 heterocycles. The minimum absolute atomic E-state index is 0.725. The standard InChI is InChI=1S/C13H19NO/c1-14-7-5-12-4-3-11(10-15-2)9-13(12)6-8-14/h3-4,9H,5-8,10H2,1-2H3. The second-order valence-corrected chi connectivity index (χ2v) is 4.34. The third-order valence-corrected chi connectivity index (χ3v) is 3.11. The van der Waals surface area contributed by atoms with Crippen molar-refractivity contribution in [2.45, 2.75) is 19.4 Å². The van der Waals surface area contributed by atoms with Gasteiger partial charge in [-0.1, -0.05) is 18.2 Å². The zero-order valence-corrected chi connectivity index (χ0v) is 9.62. The van der Waals surface area contributed by atoms with Crippen molar-refractivity contribution >= 4 is 0 Å². The quantitative estimate of drug-likeness (QED) is 0.730. The maximum absolute atomic E-state index is 5.16. The zero-order valence-electron chi connectivity index (χ0n) is 9.62. The van der Waals surface area contributed by atoms with Crippen LogP contribution in [0.25, 0.3) is 0 Å². The zero-order chi connectivity index (χ0) is 10.7. The maximum atomic E-state index is 5.16. The van der Waals surface area contributed by atoms with Gasteiger partial charge in [-0.2, -0.15) is 0 Å². The van der Waals surface area contributed by atoms with Gasteiger partial charge in [0.1, 0.15) is 0 Å². The first kappa shape index (κ1) is 10.7. The van der Waals surface area contributed by atoms with Crippen LogP contribution >= 0.6 is 0 Å². The van der Waals surface area contributed by atoms with Crippen molar-refractivity contribution < 1.29 is 4.74 Å². The van der Waals surface area contributed by atoms with E-state index in [1.807, 2.05) is 0 Å². The Morgan fingerprint density at radius 2 is 1.93 bits per heavy atom. The minimum Gasteiger partial charge on any atom is -0.380 e. The lowest BCUT2D eigenvalue weighted by molar-refractivity contribution is 0.185. The van der Waals surface area contributed by atoms with E-state index >= 15 is 0 Å². The average Bonchev–Trinajstić information content (AvgIpc) is 2.42. The van der Waals surface area contributed by atoms with Gasteiger partial charge in [0, 0.05) is 20.2 Å². The largest absolute Gasteiger partial charge is 0.380 e. The molecule has 1 aromatic rings. The van der Waals surface area contributed by atoms with Gasteiger partial charge in [0.2, 0.25) is 0 Å². The topological polar surface area (TPSA) is 12.5 Å². The highest BCUT2D eigenvalue weighted by Gasteiger charge is 2.10. The molecule has 1 aliphatic rings. The summed E-state index contributed by atoms with van der Waals surface area (Å²) in [6.45, 7) is 3.07. The van der Waals surface area contributed by atoms with Crippen LogP contribution < -0.4 is 0 Å². The van der Waals surface area contributed by atoms with E-state index in [1.165, 1.54) is 42.6 Å². The van der Waals surface area contributed by atoms with Crippen LogP contribution in [0.3, 0.4) is 0 Å². The first-order chi connectivity index (χ1) is 7.29. The Labute approximate surface area is 91.9 Å². The van der Waals surface area contributed by atoms with Crippen LogP contribution in [0.15, 0.2) is 18.2 Å². The van der Waals surface area contributed by atoms with Gasteiger partial charge < -0.3 is 9.64 Å². The third-order valence-electron chi connectivity index (χ3n) is 3.11. The summed E-state index contributed by atoms with van der Waals surface area (Å²) in [5, 5.41) is 0. The second kappa shape index (κ2) is 4.77. The molecule has 0 amide bonds. The molecule has 1 aliphatic heterocycles. The van der Waals surface area contributed by atoms with E-state index in [0.29, 0.717) is 0 Å². The molecular weight excluding hydrogens is 186 g/mol. The Kier molecular flexibility index (Phi) is 3.39. The fourth-order valence-electron chi connectivity index (χ4n) is 2.15. The van der Waals surface area contributed by atoms with Crippen molar-refractivity contribution in [3.63, 3.8) is 0 Å². The third kappa shape index (κ3) is 2.58. The number of ether oxygens (including phenoxy) is 1. The first-order valence-corrected chi connectivity index (χ1v) is 5.58. The van der Waals surface area contributed by atoms with Gasteiger partial charge in [-0.25, -0.2) is 0 Å². The SMILES string of the molecule is COCc1ccc2c(c1)CCN(C)CC2. The summed E-state index contributed by atoms with van der Waals surface area (Å²) >= 11 is 0. The molecule has 0 saturated heterocycles. The number of nitrogens with zero attached hydrogens (tertiary/aromatic N) is 1. The Morgan fingerprint density at radius 3 is 2.67 bits per heavy atom. The van der Waals surface area contributed by atoms with Crippen LogP contribution in [-0.4, -0.2) is 32.1 Å². The van der Waals surface area contributed by atoms with Gasteiger partial charge in [-0.05, 0) is 36.6 Å². The van der Waals surface area contributed by atoms with E-state index in [9.17, 15) is 0 Å². The maximum Gasteiger partial charge on any atom is 0.0713 e. The fraction of sp³-hybridized carbons (Fsp3) is 0.538. The normalized spacial score (nSPS) is 17.2. The van der Waals surface area contributed by atoms with Crippen molar-refractivity contribution in [3.05, 3.63) is 34.9 Å². The lowest BCUT2D eigenvalue weighted by Crippen LogP contribution is -2.20. The molecule has 0 fully saturated rings. The van der Waals surface area contributed by atoms with Crippen molar-refractivity contribution in [3.8, 4) is 0 Å². The van der Waals surface area contributed by atoms with E-state index in [2.05, 4.69) is 30.1 Å². The van der Waals surface area contributed by atoms with Crippen LogP contribution in [-0.2, 0) is 24.2 Å². The van der Waals surface area contributed by atoms with Crippen molar-refractivity contribution in [2.24, 2.45) is 0 Å². The molecular formula is C13H19NO. The molecule has 0 N–H and O–H groups in total. The molecule has 0 radical (unpaired) electrons. The number of rotatable bonds is 2. The van der Waals surface area contributed by atoms with Gasteiger partial charge in [-0.15, -0.1) is 0 Å². The molecule has 2 nitrogen and oxygen atoms in total. The van der Waals surface area contributed by atoms with Crippen molar-refractivity contribution in [1.82, 2.24) is 4.90 Å². The first-order valence-electron chi connectivity index (χ1n) is 5.58.